The molecule has 0 N–H and O–H groups in total. The molecule has 1 aliphatic rings. The van der Waals surface area contributed by atoms with Crippen molar-refractivity contribution in [3.63, 3.8) is 0 Å². The molecule has 0 saturated heterocycles. The summed E-state index contributed by atoms with van der Waals surface area (Å²) in [6.45, 7) is 3.26. The first-order valence-electron chi connectivity index (χ1n) is 6.58. The predicted octanol–water partition coefficient (Wildman–Crippen LogP) is 4.04. The van der Waals surface area contributed by atoms with Gasteiger partial charge in [0.05, 0.1) is 11.2 Å². The second kappa shape index (κ2) is 4.34. The number of nitrogens with zero attached hydrogens (tertiary/aromatic N) is 2. The monoisotopic (exact) mass is 296 g/mol. The highest BCUT2D eigenvalue weighted by Crippen LogP contribution is 2.49. The number of hydrogen-bond donors (Lipinski definition) is 0. The van der Waals surface area contributed by atoms with Gasteiger partial charge in [0.25, 0.3) is 0 Å². The van der Waals surface area contributed by atoms with E-state index >= 15 is 0 Å². The SMILES string of the molecule is CN1c2c(cnc3ccccc23)C(C(F)(F)F)OC1(C)C. The number of halogens is 3. The zero-order valence-corrected chi connectivity index (χ0v) is 11.9. The molecule has 2 aromatic rings. The zero-order chi connectivity index (χ0) is 15.4. The average molecular weight is 296 g/mol. The van der Waals surface area contributed by atoms with Crippen LogP contribution in [-0.4, -0.2) is 23.9 Å². The van der Waals surface area contributed by atoms with Crippen LogP contribution in [0.15, 0.2) is 30.5 Å². The maximum Gasteiger partial charge on any atom is 0.419 e. The fraction of sp³-hybridized carbons (Fsp3) is 0.400. The Morgan fingerprint density at radius 2 is 1.90 bits per heavy atom. The first-order valence-corrected chi connectivity index (χ1v) is 6.58. The first kappa shape index (κ1) is 14.1. The van der Waals surface area contributed by atoms with Crippen LogP contribution in [0.2, 0.25) is 0 Å². The molecule has 3 nitrogen and oxygen atoms in total. The lowest BCUT2D eigenvalue weighted by molar-refractivity contribution is -0.255. The van der Waals surface area contributed by atoms with Crippen molar-refractivity contribution in [3.8, 4) is 0 Å². The molecule has 0 fully saturated rings. The summed E-state index contributed by atoms with van der Waals surface area (Å²) >= 11 is 0. The highest BCUT2D eigenvalue weighted by Gasteiger charge is 2.51. The molecule has 1 aliphatic heterocycles. The van der Waals surface area contributed by atoms with Gasteiger partial charge in [0.1, 0.15) is 5.72 Å². The molecule has 0 amide bonds. The van der Waals surface area contributed by atoms with Gasteiger partial charge in [0.15, 0.2) is 6.10 Å². The second-order valence-corrected chi connectivity index (χ2v) is 5.62. The Bertz CT molecular complexity index is 697. The summed E-state index contributed by atoms with van der Waals surface area (Å²) in [5, 5.41) is 0.697. The molecule has 0 saturated carbocycles. The van der Waals surface area contributed by atoms with Crippen LogP contribution in [0.25, 0.3) is 10.9 Å². The van der Waals surface area contributed by atoms with Gasteiger partial charge >= 0.3 is 6.18 Å². The lowest BCUT2D eigenvalue weighted by Gasteiger charge is -2.46. The van der Waals surface area contributed by atoms with Crippen LogP contribution in [0, 0.1) is 0 Å². The van der Waals surface area contributed by atoms with Crippen LogP contribution in [0.3, 0.4) is 0 Å². The predicted molar refractivity (Wildman–Crippen MR) is 74.1 cm³/mol. The summed E-state index contributed by atoms with van der Waals surface area (Å²) in [6, 6.07) is 7.18. The van der Waals surface area contributed by atoms with Crippen molar-refractivity contribution >= 4 is 16.6 Å². The number of benzene rings is 1. The maximum atomic E-state index is 13.3. The number of rotatable bonds is 0. The minimum absolute atomic E-state index is 0.0584. The summed E-state index contributed by atoms with van der Waals surface area (Å²) in [5.41, 5.74) is 0.195. The van der Waals surface area contributed by atoms with Crippen molar-refractivity contribution in [3.05, 3.63) is 36.0 Å². The van der Waals surface area contributed by atoms with Crippen molar-refractivity contribution in [1.82, 2.24) is 4.98 Å². The van der Waals surface area contributed by atoms with Gasteiger partial charge in [-0.1, -0.05) is 18.2 Å². The largest absolute Gasteiger partial charge is 0.419 e. The van der Waals surface area contributed by atoms with Crippen molar-refractivity contribution in [2.24, 2.45) is 0 Å². The van der Waals surface area contributed by atoms with Crippen LogP contribution in [0.1, 0.15) is 25.5 Å². The van der Waals surface area contributed by atoms with Crippen LogP contribution >= 0.6 is 0 Å². The summed E-state index contributed by atoms with van der Waals surface area (Å²) in [5.74, 6) is 0. The minimum Gasteiger partial charge on any atom is -0.346 e. The third-order valence-corrected chi connectivity index (χ3v) is 3.90. The van der Waals surface area contributed by atoms with E-state index in [1.807, 2.05) is 6.07 Å². The van der Waals surface area contributed by atoms with Crippen molar-refractivity contribution in [1.29, 1.82) is 0 Å². The second-order valence-electron chi connectivity index (χ2n) is 5.62. The highest BCUT2D eigenvalue weighted by molar-refractivity contribution is 5.94. The molecule has 0 aliphatic carbocycles. The van der Waals surface area contributed by atoms with E-state index in [4.69, 9.17) is 4.74 Å². The van der Waals surface area contributed by atoms with Gasteiger partial charge in [0.2, 0.25) is 0 Å². The van der Waals surface area contributed by atoms with E-state index in [-0.39, 0.29) is 5.56 Å². The molecule has 1 unspecified atom stereocenters. The van der Waals surface area contributed by atoms with E-state index in [0.29, 0.717) is 16.6 Å². The Morgan fingerprint density at radius 1 is 1.24 bits per heavy atom. The van der Waals surface area contributed by atoms with Gasteiger partial charge in [0, 0.05) is 24.2 Å². The van der Waals surface area contributed by atoms with Crippen LogP contribution in [0.5, 0.6) is 0 Å². The summed E-state index contributed by atoms with van der Waals surface area (Å²) < 4.78 is 45.2. The third kappa shape index (κ3) is 2.14. The number of alkyl halides is 3. The Kier molecular flexibility index (Phi) is 2.92. The summed E-state index contributed by atoms with van der Waals surface area (Å²) in [6.07, 6.45) is -5.17. The number of ether oxygens (including phenoxy) is 1. The van der Waals surface area contributed by atoms with Crippen LogP contribution in [0.4, 0.5) is 18.9 Å². The summed E-state index contributed by atoms with van der Waals surface area (Å²) in [7, 11) is 1.73. The average Bonchev–Trinajstić information content (AvgIpc) is 2.41. The molecule has 1 aromatic carbocycles. The lowest BCUT2D eigenvalue weighted by Crippen LogP contribution is -2.50. The molecule has 6 heteroatoms. The third-order valence-electron chi connectivity index (χ3n) is 3.90. The van der Waals surface area contributed by atoms with Gasteiger partial charge in [-0.05, 0) is 19.9 Å². The first-order chi connectivity index (χ1) is 9.72. The van der Waals surface area contributed by atoms with Crippen LogP contribution in [-0.2, 0) is 4.74 Å². The van der Waals surface area contributed by atoms with Crippen molar-refractivity contribution in [2.45, 2.75) is 31.9 Å². The number of anilines is 1. The Morgan fingerprint density at radius 3 is 2.57 bits per heavy atom. The molecular weight excluding hydrogens is 281 g/mol. The molecule has 0 radical (unpaired) electrons. The fourth-order valence-electron chi connectivity index (χ4n) is 2.65. The van der Waals surface area contributed by atoms with E-state index < -0.39 is 18.0 Å². The molecule has 1 aromatic heterocycles. The highest BCUT2D eigenvalue weighted by atomic mass is 19.4. The summed E-state index contributed by atoms with van der Waals surface area (Å²) in [4.78, 5) is 5.86. The smallest absolute Gasteiger partial charge is 0.346 e. The Hall–Kier alpha value is -1.82. The number of hydrogen-bond acceptors (Lipinski definition) is 3. The molecular formula is C15H15F3N2O. The molecule has 0 bridgehead atoms. The van der Waals surface area contributed by atoms with E-state index in [2.05, 4.69) is 4.98 Å². The Labute approximate surface area is 120 Å². The van der Waals surface area contributed by atoms with E-state index in [0.717, 1.165) is 0 Å². The molecule has 3 rings (SSSR count). The fourth-order valence-corrected chi connectivity index (χ4v) is 2.65. The van der Waals surface area contributed by atoms with Crippen LogP contribution < -0.4 is 4.90 Å². The van der Waals surface area contributed by atoms with Crippen molar-refractivity contribution in [2.75, 3.05) is 11.9 Å². The van der Waals surface area contributed by atoms with E-state index in [9.17, 15) is 13.2 Å². The van der Waals surface area contributed by atoms with Gasteiger partial charge in [-0.2, -0.15) is 13.2 Å². The topological polar surface area (TPSA) is 25.4 Å². The standard InChI is InChI=1S/C15H15F3N2O/c1-14(2)20(3)12-9-6-4-5-7-11(9)19-8-10(12)13(21-14)15(16,17)18/h4-8,13H,1-3H3. The van der Waals surface area contributed by atoms with E-state index in [1.54, 1.807) is 44.0 Å². The van der Waals surface area contributed by atoms with Gasteiger partial charge in [-0.25, -0.2) is 0 Å². The number of para-hydroxylation sites is 1. The molecule has 112 valence electrons. The Balaban J connectivity index is 2.33. The minimum atomic E-state index is -4.47. The maximum absolute atomic E-state index is 13.3. The quantitative estimate of drug-likeness (QED) is 0.733. The van der Waals surface area contributed by atoms with Gasteiger partial charge in [-0.3, -0.25) is 4.98 Å². The molecule has 2 heterocycles. The van der Waals surface area contributed by atoms with Crippen molar-refractivity contribution < 1.29 is 17.9 Å². The number of pyridine rings is 1. The molecule has 1 atom stereocenters. The molecule has 21 heavy (non-hydrogen) atoms. The van der Waals surface area contributed by atoms with E-state index in [1.165, 1.54) is 6.20 Å². The normalized spacial score (nSPS) is 21.4. The van der Waals surface area contributed by atoms with Gasteiger partial charge < -0.3 is 9.64 Å². The lowest BCUT2D eigenvalue weighted by atomic mass is 9.99. The number of fused-ring (bicyclic) bond motifs is 3. The molecule has 0 spiro atoms. The number of aromatic nitrogens is 1. The van der Waals surface area contributed by atoms with Gasteiger partial charge in [-0.15, -0.1) is 0 Å². The zero-order valence-electron chi connectivity index (χ0n) is 11.9.